The Hall–Kier alpha value is -2.49. The average molecular weight is 519 g/mol. The molecule has 10 heteroatoms. The van der Waals surface area contributed by atoms with Crippen molar-refractivity contribution in [1.82, 2.24) is 30.4 Å². The van der Waals surface area contributed by atoms with Crippen molar-refractivity contribution < 1.29 is 14.0 Å². The van der Waals surface area contributed by atoms with E-state index in [1.54, 1.807) is 19.2 Å². The normalized spacial score (nSPS) is 18.3. The fourth-order valence-corrected chi connectivity index (χ4v) is 5.31. The second kappa shape index (κ2) is 10.9. The van der Waals surface area contributed by atoms with E-state index in [0.29, 0.717) is 35.5 Å². The van der Waals surface area contributed by atoms with Gasteiger partial charge in [0.2, 0.25) is 5.91 Å². The molecule has 3 heterocycles. The van der Waals surface area contributed by atoms with Gasteiger partial charge < -0.3 is 20.5 Å². The summed E-state index contributed by atoms with van der Waals surface area (Å²) in [5.41, 5.74) is 0.767. The number of nitrogens with one attached hydrogen (secondary N) is 3. The molecule has 0 saturated carbocycles. The molecule has 4 rings (SSSR count). The highest BCUT2D eigenvalue weighted by Crippen LogP contribution is 2.31. The van der Waals surface area contributed by atoms with E-state index in [-0.39, 0.29) is 11.6 Å². The third kappa shape index (κ3) is 5.58. The summed E-state index contributed by atoms with van der Waals surface area (Å²) in [5, 5.41) is 9.25. The van der Waals surface area contributed by atoms with E-state index in [1.165, 1.54) is 6.07 Å². The zero-order chi connectivity index (χ0) is 26.0. The number of halogens is 2. The van der Waals surface area contributed by atoms with Gasteiger partial charge in [0.1, 0.15) is 17.7 Å². The summed E-state index contributed by atoms with van der Waals surface area (Å²) in [6.07, 6.45) is 2.94. The Morgan fingerprint density at radius 2 is 1.94 bits per heavy atom. The Kier molecular flexibility index (Phi) is 8.02. The number of nitrogens with zero attached hydrogens (tertiary/aromatic N) is 3. The van der Waals surface area contributed by atoms with Crippen LogP contribution in [0.2, 0.25) is 5.02 Å². The lowest BCUT2D eigenvalue weighted by Crippen LogP contribution is -2.53. The molecule has 0 spiro atoms. The largest absolute Gasteiger partial charge is 0.357 e. The first kappa shape index (κ1) is 26.6. The van der Waals surface area contributed by atoms with Crippen LogP contribution in [0.5, 0.6) is 0 Å². The van der Waals surface area contributed by atoms with E-state index in [9.17, 15) is 14.0 Å². The molecule has 2 aliphatic heterocycles. The fourth-order valence-electron chi connectivity index (χ4n) is 5.15. The topological polar surface area (TPSA) is 91.3 Å². The van der Waals surface area contributed by atoms with Crippen LogP contribution in [0, 0.1) is 11.2 Å². The highest BCUT2D eigenvalue weighted by molar-refractivity contribution is 6.30. The van der Waals surface area contributed by atoms with E-state index < -0.39 is 23.2 Å². The van der Waals surface area contributed by atoms with Gasteiger partial charge in [-0.05, 0) is 56.0 Å². The zero-order valence-corrected chi connectivity index (χ0v) is 22.2. The van der Waals surface area contributed by atoms with E-state index in [1.807, 2.05) is 25.3 Å². The number of likely N-dealkylation sites (N-methyl/N-ethyl adjacent to an activating group) is 1. The Balaban J connectivity index is 1.77. The molecule has 1 aromatic heterocycles. The molecule has 3 N–H and O–H groups in total. The van der Waals surface area contributed by atoms with Crippen LogP contribution >= 0.6 is 11.6 Å². The standard InChI is InChI=1S/C26H36ClFN6O2/c1-26(2,3)22(25(36)29-4)32-24(35)21-20-15-33(17-8-10-30-11-9-17)12-5-13-34(20)23(31-21)18-7-6-16(27)14-19(18)28/h6-7,14,17,22,30H,5,8-13,15H2,1-4H3,(H,29,36)(H,32,35)/t22-/m1/s1. The lowest BCUT2D eigenvalue weighted by Gasteiger charge is -2.33. The number of benzene rings is 1. The molecular weight excluding hydrogens is 483 g/mol. The maximum atomic E-state index is 15.0. The number of aromatic nitrogens is 2. The molecule has 0 unspecified atom stereocenters. The van der Waals surface area contributed by atoms with Gasteiger partial charge in [-0.25, -0.2) is 9.37 Å². The summed E-state index contributed by atoms with van der Waals surface area (Å²) in [6.45, 7) is 9.67. The second-order valence-electron chi connectivity index (χ2n) is 10.7. The number of amides is 2. The second-order valence-corrected chi connectivity index (χ2v) is 11.1. The molecule has 0 bridgehead atoms. The SMILES string of the molecule is CNC(=O)[C@@H](NC(=O)c1nc(-c2ccc(Cl)cc2F)n2c1CN(C1CCNCC1)CCC2)C(C)(C)C. The third-order valence-electron chi connectivity index (χ3n) is 7.11. The van der Waals surface area contributed by atoms with E-state index in [0.717, 1.165) is 44.6 Å². The van der Waals surface area contributed by atoms with Gasteiger partial charge in [-0.15, -0.1) is 0 Å². The number of rotatable bonds is 5. The lowest BCUT2D eigenvalue weighted by atomic mass is 9.86. The minimum atomic E-state index is -0.755. The van der Waals surface area contributed by atoms with Gasteiger partial charge in [-0.3, -0.25) is 14.5 Å². The highest BCUT2D eigenvalue weighted by Gasteiger charge is 2.36. The van der Waals surface area contributed by atoms with Gasteiger partial charge in [0.15, 0.2) is 5.69 Å². The first-order valence-corrected chi connectivity index (χ1v) is 13.0. The van der Waals surface area contributed by atoms with Crippen molar-refractivity contribution in [3.8, 4) is 11.4 Å². The van der Waals surface area contributed by atoms with Gasteiger partial charge in [0.05, 0.1) is 11.3 Å². The van der Waals surface area contributed by atoms with Crippen LogP contribution < -0.4 is 16.0 Å². The lowest BCUT2D eigenvalue weighted by molar-refractivity contribution is -0.124. The van der Waals surface area contributed by atoms with Crippen LogP contribution in [-0.2, 0) is 17.9 Å². The molecule has 8 nitrogen and oxygen atoms in total. The van der Waals surface area contributed by atoms with E-state index >= 15 is 0 Å². The molecular formula is C26H36ClFN6O2. The third-order valence-corrected chi connectivity index (χ3v) is 7.35. The maximum Gasteiger partial charge on any atom is 0.272 e. The number of carbonyl (C=O) groups excluding carboxylic acids is 2. The molecule has 2 aliphatic rings. The minimum absolute atomic E-state index is 0.235. The monoisotopic (exact) mass is 518 g/mol. The molecule has 36 heavy (non-hydrogen) atoms. The Morgan fingerprint density at radius 1 is 1.22 bits per heavy atom. The van der Waals surface area contributed by atoms with Crippen molar-refractivity contribution in [2.45, 2.75) is 65.2 Å². The molecule has 2 aromatic rings. The van der Waals surface area contributed by atoms with E-state index in [2.05, 4.69) is 20.9 Å². The summed E-state index contributed by atoms with van der Waals surface area (Å²) in [7, 11) is 1.55. The van der Waals surface area contributed by atoms with Crippen LogP contribution in [-0.4, -0.2) is 65.0 Å². The fraction of sp³-hybridized carbons (Fsp3) is 0.577. The molecule has 1 atom stereocenters. The van der Waals surface area contributed by atoms with Gasteiger partial charge in [-0.2, -0.15) is 0 Å². The molecule has 2 amide bonds. The number of fused-ring (bicyclic) bond motifs is 1. The van der Waals surface area contributed by atoms with E-state index in [4.69, 9.17) is 16.6 Å². The maximum absolute atomic E-state index is 15.0. The number of piperidine rings is 1. The summed E-state index contributed by atoms with van der Waals surface area (Å²) in [4.78, 5) is 33.4. The van der Waals surface area contributed by atoms with Crippen LogP contribution in [0.4, 0.5) is 4.39 Å². The van der Waals surface area contributed by atoms with Crippen LogP contribution in [0.3, 0.4) is 0 Å². The number of carbonyl (C=O) groups is 2. The molecule has 196 valence electrons. The van der Waals surface area contributed by atoms with Gasteiger partial charge >= 0.3 is 0 Å². The number of hydrogen-bond acceptors (Lipinski definition) is 5. The molecule has 1 fully saturated rings. The van der Waals surface area contributed by atoms with Gasteiger partial charge in [0, 0.05) is 37.7 Å². The van der Waals surface area contributed by atoms with Gasteiger partial charge in [-0.1, -0.05) is 32.4 Å². The molecule has 0 aliphatic carbocycles. The Morgan fingerprint density at radius 3 is 2.58 bits per heavy atom. The number of hydrogen-bond donors (Lipinski definition) is 3. The first-order valence-electron chi connectivity index (χ1n) is 12.6. The average Bonchev–Trinajstić information content (AvgIpc) is 3.04. The Labute approximate surface area is 217 Å². The summed E-state index contributed by atoms with van der Waals surface area (Å²) < 4.78 is 17.0. The summed E-state index contributed by atoms with van der Waals surface area (Å²) >= 11 is 6.00. The highest BCUT2D eigenvalue weighted by atomic mass is 35.5. The molecule has 1 saturated heterocycles. The van der Waals surface area contributed by atoms with Crippen LogP contribution in [0.25, 0.3) is 11.4 Å². The summed E-state index contributed by atoms with van der Waals surface area (Å²) in [5.74, 6) is -0.792. The quantitative estimate of drug-likeness (QED) is 0.565. The van der Waals surface area contributed by atoms with Crippen LogP contribution in [0.1, 0.15) is 56.2 Å². The van der Waals surface area contributed by atoms with Crippen molar-refractivity contribution in [3.63, 3.8) is 0 Å². The zero-order valence-electron chi connectivity index (χ0n) is 21.5. The van der Waals surface area contributed by atoms with Gasteiger partial charge in [0.25, 0.3) is 5.91 Å². The van der Waals surface area contributed by atoms with Crippen molar-refractivity contribution >= 4 is 23.4 Å². The predicted molar refractivity (Wildman–Crippen MR) is 138 cm³/mol. The van der Waals surface area contributed by atoms with Crippen molar-refractivity contribution in [2.75, 3.05) is 26.7 Å². The first-order chi connectivity index (χ1) is 17.1. The van der Waals surface area contributed by atoms with Crippen LogP contribution in [0.15, 0.2) is 18.2 Å². The number of imidazole rings is 1. The molecule has 1 aromatic carbocycles. The predicted octanol–water partition coefficient (Wildman–Crippen LogP) is 3.19. The Bertz CT molecular complexity index is 1120. The smallest absolute Gasteiger partial charge is 0.272 e. The van der Waals surface area contributed by atoms with Crippen molar-refractivity contribution in [3.05, 3.63) is 40.4 Å². The van der Waals surface area contributed by atoms with Crippen molar-refractivity contribution in [2.24, 2.45) is 5.41 Å². The minimum Gasteiger partial charge on any atom is -0.357 e. The van der Waals surface area contributed by atoms with Crippen molar-refractivity contribution in [1.29, 1.82) is 0 Å². The molecule has 0 radical (unpaired) electrons. The summed E-state index contributed by atoms with van der Waals surface area (Å²) in [6, 6.07) is 4.15.